The lowest BCUT2D eigenvalue weighted by Crippen LogP contribution is -2.29. The summed E-state index contributed by atoms with van der Waals surface area (Å²) in [5.41, 5.74) is 0.583. The van der Waals surface area contributed by atoms with Gasteiger partial charge < -0.3 is 14.8 Å². The van der Waals surface area contributed by atoms with Crippen molar-refractivity contribution in [2.75, 3.05) is 12.4 Å². The molecule has 1 amide bonds. The van der Waals surface area contributed by atoms with Gasteiger partial charge in [0.25, 0.3) is 5.91 Å². The van der Waals surface area contributed by atoms with Crippen LogP contribution in [0.3, 0.4) is 0 Å². The minimum atomic E-state index is -0.888. The van der Waals surface area contributed by atoms with Gasteiger partial charge in [-0.05, 0) is 38.1 Å². The number of anilines is 1. The summed E-state index contributed by atoms with van der Waals surface area (Å²) < 4.78 is 10.3. The van der Waals surface area contributed by atoms with Gasteiger partial charge in [0.15, 0.2) is 6.10 Å². The molecule has 0 aliphatic heterocycles. The first kappa shape index (κ1) is 16.0. The van der Waals surface area contributed by atoms with Crippen molar-refractivity contribution in [1.29, 1.82) is 0 Å². The number of nitrogens with one attached hydrogen (secondary N) is 1. The molecule has 0 fully saturated rings. The second kappa shape index (κ2) is 7.09. The van der Waals surface area contributed by atoms with E-state index >= 15 is 0 Å². The van der Waals surface area contributed by atoms with Gasteiger partial charge in [0.1, 0.15) is 10.6 Å². The van der Waals surface area contributed by atoms with Crippen molar-refractivity contribution in [1.82, 2.24) is 0 Å². The van der Waals surface area contributed by atoms with Gasteiger partial charge in [0, 0.05) is 16.6 Å². The second-order valence-electron chi connectivity index (χ2n) is 4.68. The third kappa shape index (κ3) is 4.08. The highest BCUT2D eigenvalue weighted by Gasteiger charge is 2.20. The molecule has 1 heterocycles. The van der Waals surface area contributed by atoms with Crippen molar-refractivity contribution in [2.45, 2.75) is 20.0 Å². The van der Waals surface area contributed by atoms with Crippen molar-refractivity contribution >= 4 is 28.9 Å². The zero-order chi connectivity index (χ0) is 16.1. The minimum absolute atomic E-state index is 0.394. The summed E-state index contributed by atoms with van der Waals surface area (Å²) >= 11 is 1.34. The number of benzene rings is 1. The fourth-order valence-electron chi connectivity index (χ4n) is 1.76. The number of carbonyl (C=O) groups is 2. The van der Waals surface area contributed by atoms with E-state index in [4.69, 9.17) is 9.47 Å². The first-order valence-corrected chi connectivity index (χ1v) is 7.53. The molecule has 0 unspecified atom stereocenters. The van der Waals surface area contributed by atoms with Crippen LogP contribution in [0.5, 0.6) is 5.75 Å². The van der Waals surface area contributed by atoms with E-state index in [1.54, 1.807) is 37.4 Å². The molecule has 1 aromatic heterocycles. The molecule has 0 saturated carbocycles. The molecule has 0 bridgehead atoms. The van der Waals surface area contributed by atoms with Crippen LogP contribution in [-0.4, -0.2) is 25.1 Å². The van der Waals surface area contributed by atoms with Crippen LogP contribution in [0.2, 0.25) is 0 Å². The predicted molar refractivity (Wildman–Crippen MR) is 85.6 cm³/mol. The fraction of sp³-hybridized carbons (Fsp3) is 0.250. The Morgan fingerprint density at radius 3 is 2.64 bits per heavy atom. The van der Waals surface area contributed by atoms with Gasteiger partial charge in [-0.25, -0.2) is 4.79 Å². The molecule has 0 aliphatic rings. The number of thiophene rings is 1. The van der Waals surface area contributed by atoms with Gasteiger partial charge in [-0.1, -0.05) is 6.07 Å². The Hall–Kier alpha value is -2.34. The average molecular weight is 319 g/mol. The van der Waals surface area contributed by atoms with Crippen LogP contribution < -0.4 is 10.1 Å². The van der Waals surface area contributed by atoms with Crippen molar-refractivity contribution in [3.05, 3.63) is 46.2 Å². The highest BCUT2D eigenvalue weighted by Crippen LogP contribution is 2.18. The molecular weight excluding hydrogens is 302 g/mol. The van der Waals surface area contributed by atoms with Crippen molar-refractivity contribution in [3.8, 4) is 5.75 Å². The number of esters is 1. The van der Waals surface area contributed by atoms with Gasteiger partial charge in [-0.15, -0.1) is 11.3 Å². The molecule has 2 rings (SSSR count). The van der Waals surface area contributed by atoms with Crippen LogP contribution in [0.25, 0.3) is 0 Å². The molecule has 0 aliphatic carbocycles. The van der Waals surface area contributed by atoms with Crippen LogP contribution in [-0.2, 0) is 9.53 Å². The molecule has 2 aromatic rings. The van der Waals surface area contributed by atoms with Crippen molar-refractivity contribution < 1.29 is 19.1 Å². The third-order valence-electron chi connectivity index (χ3n) is 2.93. The van der Waals surface area contributed by atoms with Gasteiger partial charge >= 0.3 is 5.97 Å². The fourth-order valence-corrected chi connectivity index (χ4v) is 2.51. The normalized spacial score (nSPS) is 11.6. The SMILES string of the molecule is COc1cccc(NC(=O)[C@@H](C)OC(=O)c2ccc(C)s2)c1. The Balaban J connectivity index is 1.95. The van der Waals surface area contributed by atoms with Gasteiger partial charge in [0.2, 0.25) is 0 Å². The zero-order valence-corrected chi connectivity index (χ0v) is 13.4. The molecule has 1 atom stereocenters. The van der Waals surface area contributed by atoms with Crippen LogP contribution in [0.1, 0.15) is 21.5 Å². The maximum absolute atomic E-state index is 12.1. The van der Waals surface area contributed by atoms with Crippen molar-refractivity contribution in [3.63, 3.8) is 0 Å². The molecule has 6 heteroatoms. The Bertz CT molecular complexity index is 680. The number of hydrogen-bond donors (Lipinski definition) is 1. The monoisotopic (exact) mass is 319 g/mol. The zero-order valence-electron chi connectivity index (χ0n) is 12.6. The quantitative estimate of drug-likeness (QED) is 0.859. The summed E-state index contributed by atoms with van der Waals surface area (Å²) in [4.78, 5) is 25.5. The van der Waals surface area contributed by atoms with E-state index in [1.807, 2.05) is 13.0 Å². The summed E-state index contributed by atoms with van der Waals surface area (Å²) in [5.74, 6) is -0.252. The molecule has 1 N–H and O–H groups in total. The molecule has 1 aromatic carbocycles. The van der Waals surface area contributed by atoms with E-state index in [-0.39, 0.29) is 0 Å². The summed E-state index contributed by atoms with van der Waals surface area (Å²) in [5, 5.41) is 2.69. The maximum atomic E-state index is 12.1. The molecule has 0 spiro atoms. The lowest BCUT2D eigenvalue weighted by molar-refractivity contribution is -0.123. The van der Waals surface area contributed by atoms with Crippen LogP contribution >= 0.6 is 11.3 Å². The Morgan fingerprint density at radius 2 is 2.00 bits per heavy atom. The van der Waals surface area contributed by atoms with E-state index in [1.165, 1.54) is 18.3 Å². The van der Waals surface area contributed by atoms with E-state index in [0.29, 0.717) is 16.3 Å². The van der Waals surface area contributed by atoms with Crippen LogP contribution in [0.4, 0.5) is 5.69 Å². The number of hydrogen-bond acceptors (Lipinski definition) is 5. The van der Waals surface area contributed by atoms with Crippen LogP contribution in [0, 0.1) is 6.92 Å². The molecule has 5 nitrogen and oxygen atoms in total. The molecule has 0 saturated heterocycles. The Kier molecular flexibility index (Phi) is 5.16. The maximum Gasteiger partial charge on any atom is 0.349 e. The summed E-state index contributed by atoms with van der Waals surface area (Å²) in [6, 6.07) is 10.5. The minimum Gasteiger partial charge on any atom is -0.497 e. The lowest BCUT2D eigenvalue weighted by atomic mass is 10.3. The second-order valence-corrected chi connectivity index (χ2v) is 5.97. The Morgan fingerprint density at radius 1 is 1.23 bits per heavy atom. The summed E-state index contributed by atoms with van der Waals surface area (Å²) in [6.45, 7) is 3.44. The van der Waals surface area contributed by atoms with E-state index in [0.717, 1.165) is 4.88 Å². The number of methoxy groups -OCH3 is 1. The van der Waals surface area contributed by atoms with E-state index in [9.17, 15) is 9.59 Å². The third-order valence-corrected chi connectivity index (χ3v) is 3.91. The lowest BCUT2D eigenvalue weighted by Gasteiger charge is -2.13. The molecular formula is C16H17NO4S. The van der Waals surface area contributed by atoms with Gasteiger partial charge in [-0.2, -0.15) is 0 Å². The standard InChI is InChI=1S/C16H17NO4S/c1-10-7-8-14(22-10)16(19)21-11(2)15(18)17-12-5-4-6-13(9-12)20-3/h4-9,11H,1-3H3,(H,17,18)/t11-/m1/s1. The number of carbonyl (C=O) groups excluding carboxylic acids is 2. The Labute approximate surface area is 132 Å². The topological polar surface area (TPSA) is 64.6 Å². The molecule has 116 valence electrons. The largest absolute Gasteiger partial charge is 0.497 e. The number of amides is 1. The predicted octanol–water partition coefficient (Wildman–Crippen LogP) is 3.25. The molecule has 0 radical (unpaired) electrons. The number of ether oxygens (including phenoxy) is 2. The first-order chi connectivity index (χ1) is 10.5. The smallest absolute Gasteiger partial charge is 0.349 e. The molecule has 22 heavy (non-hydrogen) atoms. The van der Waals surface area contributed by atoms with Gasteiger partial charge in [0.05, 0.1) is 7.11 Å². The number of aryl methyl sites for hydroxylation is 1. The average Bonchev–Trinajstić information content (AvgIpc) is 2.94. The summed E-state index contributed by atoms with van der Waals surface area (Å²) in [6.07, 6.45) is -0.888. The highest BCUT2D eigenvalue weighted by molar-refractivity contribution is 7.13. The highest BCUT2D eigenvalue weighted by atomic mass is 32.1. The van der Waals surface area contributed by atoms with Crippen LogP contribution in [0.15, 0.2) is 36.4 Å². The van der Waals surface area contributed by atoms with E-state index in [2.05, 4.69) is 5.32 Å². The summed E-state index contributed by atoms with van der Waals surface area (Å²) in [7, 11) is 1.55. The van der Waals surface area contributed by atoms with Crippen molar-refractivity contribution in [2.24, 2.45) is 0 Å². The number of rotatable bonds is 5. The first-order valence-electron chi connectivity index (χ1n) is 6.72. The van der Waals surface area contributed by atoms with Gasteiger partial charge in [-0.3, -0.25) is 4.79 Å². The van der Waals surface area contributed by atoms with E-state index < -0.39 is 18.0 Å².